The zero-order chi connectivity index (χ0) is 20.6. The van der Waals surface area contributed by atoms with Gasteiger partial charge in [0.25, 0.3) is 0 Å². The van der Waals surface area contributed by atoms with Gasteiger partial charge in [-0.15, -0.1) is 0 Å². The fraction of sp³-hybridized carbons (Fsp3) is 0.478. The summed E-state index contributed by atoms with van der Waals surface area (Å²) in [7, 11) is 0. The van der Waals surface area contributed by atoms with Gasteiger partial charge in [-0.3, -0.25) is 14.6 Å². The van der Waals surface area contributed by atoms with Gasteiger partial charge in [0.1, 0.15) is 5.92 Å². The fourth-order valence-corrected chi connectivity index (χ4v) is 3.02. The Labute approximate surface area is 181 Å². The van der Waals surface area contributed by atoms with Crippen LogP contribution in [0.25, 0.3) is 11.3 Å². The standard InChI is InChI=1S/C23H30N2O2.Ir/c1-14-18(16-12-10-9-11-13-16)25-19(15(2)24-14)17(20(26)22(3,4)5)21(27)23(6,7)8;/h9-13,17H,1-8H3;. The zero-order valence-corrected chi connectivity index (χ0v) is 20.4. The Morgan fingerprint density at radius 1 is 0.786 bits per heavy atom. The van der Waals surface area contributed by atoms with Crippen molar-refractivity contribution in [1.82, 2.24) is 9.97 Å². The monoisotopic (exact) mass is 559 g/mol. The second-order valence-corrected chi connectivity index (χ2v) is 9.16. The van der Waals surface area contributed by atoms with Crippen molar-refractivity contribution in [2.45, 2.75) is 61.3 Å². The van der Waals surface area contributed by atoms with Crippen LogP contribution in [-0.2, 0) is 29.7 Å². The van der Waals surface area contributed by atoms with Gasteiger partial charge in [-0.1, -0.05) is 71.9 Å². The number of ketones is 2. The predicted octanol–water partition coefficient (Wildman–Crippen LogP) is 5.07. The molecule has 0 amide bonds. The average Bonchev–Trinajstić information content (AvgIpc) is 2.55. The van der Waals surface area contributed by atoms with E-state index in [9.17, 15) is 9.59 Å². The number of rotatable bonds is 4. The van der Waals surface area contributed by atoms with Gasteiger partial charge in [0.15, 0.2) is 11.6 Å². The first-order valence-corrected chi connectivity index (χ1v) is 9.33. The molecule has 28 heavy (non-hydrogen) atoms. The summed E-state index contributed by atoms with van der Waals surface area (Å²) in [5, 5.41) is 0. The van der Waals surface area contributed by atoms with E-state index in [1.54, 1.807) is 0 Å². The van der Waals surface area contributed by atoms with Gasteiger partial charge in [0.05, 0.1) is 22.8 Å². The first-order valence-electron chi connectivity index (χ1n) is 9.33. The van der Waals surface area contributed by atoms with Crippen molar-refractivity contribution in [2.24, 2.45) is 10.8 Å². The second kappa shape index (κ2) is 8.75. The third kappa shape index (κ3) is 5.21. The number of aryl methyl sites for hydroxylation is 2. The Kier molecular flexibility index (Phi) is 7.60. The minimum absolute atomic E-state index is 0. The van der Waals surface area contributed by atoms with Crippen LogP contribution in [0.3, 0.4) is 0 Å². The second-order valence-electron chi connectivity index (χ2n) is 9.16. The van der Waals surface area contributed by atoms with Crippen LogP contribution in [0.2, 0.25) is 0 Å². The van der Waals surface area contributed by atoms with Crippen LogP contribution in [0.1, 0.15) is 64.5 Å². The molecule has 0 aliphatic rings. The molecule has 0 bridgehead atoms. The molecule has 0 atom stereocenters. The molecule has 0 N–H and O–H groups in total. The molecule has 2 rings (SSSR count). The molecule has 1 heterocycles. The van der Waals surface area contributed by atoms with Crippen LogP contribution < -0.4 is 0 Å². The Bertz CT molecular complexity index is 837. The van der Waals surface area contributed by atoms with Gasteiger partial charge in [0, 0.05) is 36.5 Å². The molecule has 1 aromatic carbocycles. The molecule has 1 radical (unpaired) electrons. The first kappa shape index (κ1) is 24.3. The van der Waals surface area contributed by atoms with E-state index >= 15 is 0 Å². The Hall–Kier alpha value is -1.71. The van der Waals surface area contributed by atoms with Crippen molar-refractivity contribution in [3.8, 4) is 11.3 Å². The van der Waals surface area contributed by atoms with Gasteiger partial charge in [-0.25, -0.2) is 4.98 Å². The molecular formula is C23H30IrN2O2. The van der Waals surface area contributed by atoms with Gasteiger partial charge in [0.2, 0.25) is 0 Å². The summed E-state index contributed by atoms with van der Waals surface area (Å²) in [6, 6.07) is 9.74. The number of Topliss-reactive ketones (excluding diaryl/α,β-unsaturated/α-hetero) is 2. The number of carbonyl (C=O) groups excluding carboxylic acids is 2. The number of hydrogen-bond donors (Lipinski definition) is 0. The summed E-state index contributed by atoms with van der Waals surface area (Å²) < 4.78 is 0. The van der Waals surface area contributed by atoms with Crippen molar-refractivity contribution in [2.75, 3.05) is 0 Å². The minimum atomic E-state index is -0.916. The number of hydrogen-bond acceptors (Lipinski definition) is 4. The largest absolute Gasteiger partial charge is 0.298 e. The van der Waals surface area contributed by atoms with Gasteiger partial charge in [-0.05, 0) is 13.8 Å². The van der Waals surface area contributed by atoms with E-state index in [-0.39, 0.29) is 31.7 Å². The average molecular weight is 559 g/mol. The summed E-state index contributed by atoms with van der Waals surface area (Å²) in [6.45, 7) is 14.8. The molecule has 0 saturated carbocycles. The molecule has 0 unspecified atom stereocenters. The molecule has 0 aliphatic carbocycles. The van der Waals surface area contributed by atoms with Crippen LogP contribution in [0.5, 0.6) is 0 Å². The SMILES string of the molecule is Cc1nc(C)c(C(C(=O)C(C)(C)C)C(=O)C(C)(C)C)nc1-c1ccccc1.[Ir]. The number of nitrogens with zero attached hydrogens (tertiary/aromatic N) is 2. The molecule has 0 spiro atoms. The topological polar surface area (TPSA) is 59.9 Å². The molecule has 1 aromatic heterocycles. The van der Waals surface area contributed by atoms with Gasteiger partial charge in [-0.2, -0.15) is 0 Å². The molecular weight excluding hydrogens is 528 g/mol. The third-order valence-electron chi connectivity index (χ3n) is 4.60. The molecule has 0 saturated heterocycles. The van der Waals surface area contributed by atoms with E-state index < -0.39 is 16.7 Å². The maximum atomic E-state index is 13.2. The normalized spacial score (nSPS) is 11.9. The van der Waals surface area contributed by atoms with E-state index in [0.717, 1.165) is 11.3 Å². The quantitative estimate of drug-likeness (QED) is 0.492. The summed E-state index contributed by atoms with van der Waals surface area (Å²) >= 11 is 0. The van der Waals surface area contributed by atoms with Crippen molar-refractivity contribution in [1.29, 1.82) is 0 Å². The smallest absolute Gasteiger partial charge is 0.154 e. The fourth-order valence-electron chi connectivity index (χ4n) is 3.02. The molecule has 0 fully saturated rings. The van der Waals surface area contributed by atoms with Crippen LogP contribution in [0.15, 0.2) is 30.3 Å². The summed E-state index contributed by atoms with van der Waals surface area (Å²) in [6.07, 6.45) is 0. The zero-order valence-electron chi connectivity index (χ0n) is 18.0. The third-order valence-corrected chi connectivity index (χ3v) is 4.60. The van der Waals surface area contributed by atoms with Gasteiger partial charge >= 0.3 is 0 Å². The Balaban J connectivity index is 0.00000392. The van der Waals surface area contributed by atoms with Crippen molar-refractivity contribution >= 4 is 11.6 Å². The van der Waals surface area contributed by atoms with Crippen LogP contribution in [0, 0.1) is 24.7 Å². The number of benzene rings is 1. The van der Waals surface area contributed by atoms with Gasteiger partial charge < -0.3 is 0 Å². The van der Waals surface area contributed by atoms with Crippen LogP contribution in [-0.4, -0.2) is 21.5 Å². The van der Waals surface area contributed by atoms with Crippen LogP contribution >= 0.6 is 0 Å². The Morgan fingerprint density at radius 3 is 1.68 bits per heavy atom. The molecule has 0 aliphatic heterocycles. The van der Waals surface area contributed by atoms with E-state index in [0.29, 0.717) is 17.1 Å². The molecule has 4 nitrogen and oxygen atoms in total. The molecule has 153 valence electrons. The maximum Gasteiger partial charge on any atom is 0.154 e. The summed E-state index contributed by atoms with van der Waals surface area (Å²) in [5.74, 6) is -1.16. The van der Waals surface area contributed by atoms with E-state index in [4.69, 9.17) is 4.98 Å². The molecule has 5 heteroatoms. The van der Waals surface area contributed by atoms with E-state index in [1.807, 2.05) is 85.7 Å². The Morgan fingerprint density at radius 2 is 1.25 bits per heavy atom. The van der Waals surface area contributed by atoms with E-state index in [2.05, 4.69) is 4.98 Å². The maximum absolute atomic E-state index is 13.2. The van der Waals surface area contributed by atoms with Crippen molar-refractivity contribution in [3.63, 3.8) is 0 Å². The summed E-state index contributed by atoms with van der Waals surface area (Å²) in [4.78, 5) is 35.9. The predicted molar refractivity (Wildman–Crippen MR) is 109 cm³/mol. The number of aromatic nitrogens is 2. The first-order chi connectivity index (χ1) is 12.3. The number of carbonyl (C=O) groups is 2. The van der Waals surface area contributed by atoms with Crippen LogP contribution in [0.4, 0.5) is 0 Å². The molecule has 2 aromatic rings. The van der Waals surface area contributed by atoms with Crippen molar-refractivity contribution in [3.05, 3.63) is 47.4 Å². The van der Waals surface area contributed by atoms with E-state index in [1.165, 1.54) is 0 Å². The minimum Gasteiger partial charge on any atom is -0.298 e. The summed E-state index contributed by atoms with van der Waals surface area (Å²) in [5.41, 5.74) is 2.22. The van der Waals surface area contributed by atoms with Crippen molar-refractivity contribution < 1.29 is 29.7 Å².